The topological polar surface area (TPSA) is 180 Å². The average Bonchev–Trinajstić information content (AvgIpc) is 3.21. The molecule has 0 fully saturated rings. The summed E-state index contributed by atoms with van der Waals surface area (Å²) in [5, 5.41) is 43.9. The SMILES string of the molecule is CC(CN(C/C=C/CN(CCCNC(=O)/C=C/c1ccc(O)cc1)C(=O)/C=C/c1ccc(O)cc1)C(=O)/C=C/c1ccc(O)cc1)NC(=O)/C=C/c1ccc(O)cc1. The van der Waals surface area contributed by atoms with E-state index in [1.807, 2.05) is 0 Å². The summed E-state index contributed by atoms with van der Waals surface area (Å²) in [4.78, 5) is 55.1. The van der Waals surface area contributed by atoms with Gasteiger partial charge in [0, 0.05) is 63.1 Å². The summed E-state index contributed by atoms with van der Waals surface area (Å²) in [7, 11) is 0. The molecule has 0 bridgehead atoms. The van der Waals surface area contributed by atoms with Gasteiger partial charge in [-0.25, -0.2) is 0 Å². The maximum absolute atomic E-state index is 13.5. The number of phenols is 4. The molecule has 0 aliphatic rings. The minimum Gasteiger partial charge on any atom is -0.508 e. The van der Waals surface area contributed by atoms with Gasteiger partial charge in [-0.2, -0.15) is 0 Å². The molecule has 0 spiro atoms. The monoisotopic (exact) mass is 784 g/mol. The van der Waals surface area contributed by atoms with E-state index in [0.29, 0.717) is 25.1 Å². The van der Waals surface area contributed by atoms with Crippen LogP contribution in [0.25, 0.3) is 24.3 Å². The molecule has 12 heteroatoms. The number of hydrogen-bond donors (Lipinski definition) is 6. The van der Waals surface area contributed by atoms with Crippen LogP contribution in [0.5, 0.6) is 23.0 Å². The fourth-order valence-electron chi connectivity index (χ4n) is 5.39. The summed E-state index contributed by atoms with van der Waals surface area (Å²) in [5.41, 5.74) is 2.92. The fourth-order valence-corrected chi connectivity index (χ4v) is 5.39. The fraction of sp³-hybridized carbons (Fsp3) is 0.174. The van der Waals surface area contributed by atoms with Crippen molar-refractivity contribution in [2.45, 2.75) is 19.4 Å². The first-order chi connectivity index (χ1) is 27.9. The summed E-state index contributed by atoms with van der Waals surface area (Å²) < 4.78 is 0. The molecule has 58 heavy (non-hydrogen) atoms. The highest BCUT2D eigenvalue weighted by atomic mass is 16.3. The van der Waals surface area contributed by atoms with E-state index in [1.54, 1.807) is 102 Å². The van der Waals surface area contributed by atoms with Crippen LogP contribution in [0.1, 0.15) is 35.6 Å². The first kappa shape index (κ1) is 43.4. The molecule has 0 saturated carbocycles. The normalized spacial score (nSPS) is 12.1. The van der Waals surface area contributed by atoms with Crippen LogP contribution >= 0.6 is 0 Å². The number of amides is 4. The van der Waals surface area contributed by atoms with Gasteiger partial charge in [0.1, 0.15) is 23.0 Å². The molecule has 0 saturated heterocycles. The Bertz CT molecular complexity index is 2100. The molecule has 1 unspecified atom stereocenters. The van der Waals surface area contributed by atoms with Gasteiger partial charge in [0.15, 0.2) is 0 Å². The standard InChI is InChI=1S/C46H48N4O8/c1-34(48-44(56)26-14-36-7-19-40(52)20-8-36)33-50(46(58)28-16-38-11-23-42(54)24-12-38)31-3-2-30-49(45(57)27-15-37-9-21-41(53)22-10-37)32-4-29-47-43(55)25-13-35-5-17-39(51)18-6-35/h2-3,5-28,34,51-54H,4,29-33H2,1H3,(H,47,55)(H,48,56)/b3-2+,25-13+,26-14+,27-15+,28-16+. The molecule has 0 aliphatic carbocycles. The van der Waals surface area contributed by atoms with Crippen molar-refractivity contribution in [3.63, 3.8) is 0 Å². The number of carbonyl (C=O) groups is 4. The lowest BCUT2D eigenvalue weighted by atomic mass is 10.2. The number of carbonyl (C=O) groups excluding carboxylic acids is 4. The lowest BCUT2D eigenvalue weighted by Crippen LogP contribution is -2.43. The van der Waals surface area contributed by atoms with E-state index < -0.39 is 6.04 Å². The highest BCUT2D eigenvalue weighted by Gasteiger charge is 2.15. The Balaban J connectivity index is 1.40. The number of benzene rings is 4. The van der Waals surface area contributed by atoms with E-state index in [9.17, 15) is 39.6 Å². The summed E-state index contributed by atoms with van der Waals surface area (Å²) in [6, 6.07) is 25.2. The number of phenolic OH excluding ortho intramolecular Hbond substituents is 4. The third-order valence-corrected chi connectivity index (χ3v) is 8.49. The van der Waals surface area contributed by atoms with E-state index in [2.05, 4.69) is 10.6 Å². The van der Waals surface area contributed by atoms with Crippen LogP contribution in [0.3, 0.4) is 0 Å². The van der Waals surface area contributed by atoms with E-state index in [4.69, 9.17) is 0 Å². The van der Waals surface area contributed by atoms with Crippen LogP contribution in [0.4, 0.5) is 0 Å². The molecule has 1 atom stereocenters. The molecular weight excluding hydrogens is 737 g/mol. The second-order valence-electron chi connectivity index (χ2n) is 13.3. The summed E-state index contributed by atoms with van der Waals surface area (Å²) in [5.74, 6) is -0.803. The van der Waals surface area contributed by atoms with Crippen molar-refractivity contribution >= 4 is 47.9 Å². The molecule has 4 rings (SSSR count). The molecule has 0 heterocycles. The van der Waals surface area contributed by atoms with Crippen LogP contribution in [0.2, 0.25) is 0 Å². The van der Waals surface area contributed by atoms with E-state index >= 15 is 0 Å². The number of hydrogen-bond acceptors (Lipinski definition) is 8. The molecule has 0 radical (unpaired) electrons. The van der Waals surface area contributed by atoms with Crippen molar-refractivity contribution in [2.24, 2.45) is 0 Å². The van der Waals surface area contributed by atoms with Crippen molar-refractivity contribution < 1.29 is 39.6 Å². The van der Waals surface area contributed by atoms with Crippen molar-refractivity contribution in [1.82, 2.24) is 20.4 Å². The molecule has 12 nitrogen and oxygen atoms in total. The number of rotatable bonds is 19. The number of nitrogens with zero attached hydrogens (tertiary/aromatic N) is 2. The minimum atomic E-state index is -0.439. The first-order valence-electron chi connectivity index (χ1n) is 18.6. The summed E-state index contributed by atoms with van der Waals surface area (Å²) in [6.45, 7) is 2.93. The van der Waals surface area contributed by atoms with Crippen LogP contribution < -0.4 is 10.6 Å². The predicted octanol–water partition coefficient (Wildman–Crippen LogP) is 5.89. The number of nitrogens with one attached hydrogen (secondary N) is 2. The Morgan fingerprint density at radius 3 is 1.33 bits per heavy atom. The predicted molar refractivity (Wildman–Crippen MR) is 226 cm³/mol. The van der Waals surface area contributed by atoms with E-state index in [-0.39, 0.29) is 66.3 Å². The highest BCUT2D eigenvalue weighted by Crippen LogP contribution is 2.14. The van der Waals surface area contributed by atoms with Crippen molar-refractivity contribution in [3.8, 4) is 23.0 Å². The zero-order chi connectivity index (χ0) is 41.7. The third-order valence-electron chi connectivity index (χ3n) is 8.49. The molecular formula is C46H48N4O8. The van der Waals surface area contributed by atoms with Gasteiger partial charge >= 0.3 is 0 Å². The van der Waals surface area contributed by atoms with Gasteiger partial charge in [-0.3, -0.25) is 19.2 Å². The maximum Gasteiger partial charge on any atom is 0.246 e. The van der Waals surface area contributed by atoms with Gasteiger partial charge in [-0.1, -0.05) is 60.7 Å². The number of aromatic hydroxyl groups is 4. The molecule has 0 aliphatic heterocycles. The third kappa shape index (κ3) is 16.2. The summed E-state index contributed by atoms with van der Waals surface area (Å²) in [6.07, 6.45) is 16.1. The Morgan fingerprint density at radius 2 is 0.897 bits per heavy atom. The molecule has 0 aromatic heterocycles. The molecule has 4 amide bonds. The Morgan fingerprint density at radius 1 is 0.534 bits per heavy atom. The van der Waals surface area contributed by atoms with Crippen molar-refractivity contribution in [2.75, 3.05) is 32.7 Å². The molecule has 300 valence electrons. The van der Waals surface area contributed by atoms with Crippen LogP contribution in [-0.4, -0.2) is 92.6 Å². The van der Waals surface area contributed by atoms with Crippen molar-refractivity contribution in [3.05, 3.63) is 156 Å². The van der Waals surface area contributed by atoms with Gasteiger partial charge in [0.05, 0.1) is 0 Å². The van der Waals surface area contributed by atoms with Crippen LogP contribution in [0.15, 0.2) is 134 Å². The minimum absolute atomic E-state index is 0.103. The van der Waals surface area contributed by atoms with Gasteiger partial charge in [0.2, 0.25) is 23.6 Å². The van der Waals surface area contributed by atoms with E-state index in [0.717, 1.165) is 16.7 Å². The first-order valence-corrected chi connectivity index (χ1v) is 18.6. The molecule has 6 N–H and O–H groups in total. The Labute approximate surface area is 338 Å². The zero-order valence-corrected chi connectivity index (χ0v) is 32.1. The molecule has 4 aromatic rings. The van der Waals surface area contributed by atoms with E-state index in [1.165, 1.54) is 72.8 Å². The van der Waals surface area contributed by atoms with Crippen LogP contribution in [-0.2, 0) is 19.2 Å². The maximum atomic E-state index is 13.5. The lowest BCUT2D eigenvalue weighted by Gasteiger charge is -2.24. The molecule has 4 aromatic carbocycles. The lowest BCUT2D eigenvalue weighted by molar-refractivity contribution is -0.127. The quantitative estimate of drug-likeness (QED) is 0.0387. The highest BCUT2D eigenvalue weighted by molar-refractivity contribution is 5.94. The van der Waals surface area contributed by atoms with Gasteiger partial charge in [0.25, 0.3) is 0 Å². The largest absolute Gasteiger partial charge is 0.508 e. The Hall–Kier alpha value is -7.34. The second kappa shape index (κ2) is 22.9. The average molecular weight is 785 g/mol. The van der Waals surface area contributed by atoms with Crippen molar-refractivity contribution in [1.29, 1.82) is 0 Å². The smallest absolute Gasteiger partial charge is 0.246 e. The van der Waals surface area contributed by atoms with Gasteiger partial charge < -0.3 is 40.9 Å². The summed E-state index contributed by atoms with van der Waals surface area (Å²) >= 11 is 0. The second-order valence-corrected chi connectivity index (χ2v) is 13.3. The van der Waals surface area contributed by atoms with Gasteiger partial charge in [-0.15, -0.1) is 0 Å². The zero-order valence-electron chi connectivity index (χ0n) is 32.1. The van der Waals surface area contributed by atoms with Crippen LogP contribution in [0, 0.1) is 0 Å². The Kier molecular flexibility index (Phi) is 17.1. The van der Waals surface area contributed by atoms with Gasteiger partial charge in [-0.05, 0) is 108 Å².